The van der Waals surface area contributed by atoms with Crippen LogP contribution in [-0.2, 0) is 4.74 Å². The van der Waals surface area contributed by atoms with Gasteiger partial charge in [-0.15, -0.1) is 0 Å². The molecule has 2 aromatic rings. The summed E-state index contributed by atoms with van der Waals surface area (Å²) in [4.78, 5) is 7.05. The third-order valence-electron chi connectivity index (χ3n) is 3.71. The Balaban J connectivity index is 1.61. The molecule has 0 unspecified atom stereocenters. The lowest BCUT2D eigenvalue weighted by Crippen LogP contribution is -2.38. The van der Waals surface area contributed by atoms with Crippen LogP contribution >= 0.6 is 11.3 Å². The Hall–Kier alpha value is -1.37. The van der Waals surface area contributed by atoms with E-state index in [-0.39, 0.29) is 0 Å². The van der Waals surface area contributed by atoms with E-state index in [9.17, 15) is 0 Å². The van der Waals surface area contributed by atoms with Crippen LogP contribution in [0.4, 0.5) is 5.13 Å². The van der Waals surface area contributed by atoms with Crippen LogP contribution in [0.1, 0.15) is 5.56 Å². The molecule has 0 radical (unpaired) electrons. The number of methoxy groups -OCH3 is 1. The molecule has 6 heteroatoms. The zero-order valence-electron chi connectivity index (χ0n) is 12.5. The minimum Gasteiger partial charge on any atom is -0.496 e. The van der Waals surface area contributed by atoms with Gasteiger partial charge in [0.15, 0.2) is 5.13 Å². The number of anilines is 1. The molecule has 1 aliphatic heterocycles. The van der Waals surface area contributed by atoms with E-state index in [0.29, 0.717) is 0 Å². The maximum absolute atomic E-state index is 5.36. The molecule has 0 saturated carbocycles. The fraction of sp³-hybridized carbons (Fsp3) is 0.533. The van der Waals surface area contributed by atoms with E-state index in [2.05, 4.69) is 27.3 Å². The van der Waals surface area contributed by atoms with Crippen molar-refractivity contribution in [1.82, 2.24) is 9.88 Å². The fourth-order valence-corrected chi connectivity index (χ4v) is 3.40. The molecule has 2 heterocycles. The molecule has 0 amide bonds. The van der Waals surface area contributed by atoms with E-state index in [1.54, 1.807) is 18.4 Å². The third-order valence-corrected chi connectivity index (χ3v) is 4.69. The molecule has 1 fully saturated rings. The van der Waals surface area contributed by atoms with E-state index >= 15 is 0 Å². The third kappa shape index (κ3) is 3.45. The number of benzene rings is 1. The summed E-state index contributed by atoms with van der Waals surface area (Å²) in [7, 11) is 1.71. The number of morpholine rings is 1. The van der Waals surface area contributed by atoms with Crippen LogP contribution in [0.5, 0.6) is 5.75 Å². The van der Waals surface area contributed by atoms with Gasteiger partial charge in [-0.2, -0.15) is 0 Å². The maximum atomic E-state index is 5.36. The molecule has 0 bridgehead atoms. The number of nitrogens with one attached hydrogen (secondary N) is 1. The fourth-order valence-electron chi connectivity index (χ4n) is 2.50. The number of nitrogens with zero attached hydrogens (tertiary/aromatic N) is 2. The summed E-state index contributed by atoms with van der Waals surface area (Å²) in [6, 6.07) is 4.15. The highest BCUT2D eigenvalue weighted by atomic mass is 32.1. The van der Waals surface area contributed by atoms with Crippen LogP contribution in [0, 0.1) is 6.92 Å². The van der Waals surface area contributed by atoms with Gasteiger partial charge in [-0.05, 0) is 24.6 Å². The van der Waals surface area contributed by atoms with Crippen molar-refractivity contribution in [2.24, 2.45) is 0 Å². The summed E-state index contributed by atoms with van der Waals surface area (Å²) >= 11 is 1.68. The first-order valence-electron chi connectivity index (χ1n) is 7.25. The first kappa shape index (κ1) is 14.6. The van der Waals surface area contributed by atoms with Crippen LogP contribution in [0.3, 0.4) is 0 Å². The highest BCUT2D eigenvalue weighted by molar-refractivity contribution is 7.22. The van der Waals surface area contributed by atoms with Gasteiger partial charge in [-0.3, -0.25) is 4.90 Å². The Morgan fingerprint density at radius 2 is 2.19 bits per heavy atom. The van der Waals surface area contributed by atoms with Crippen molar-refractivity contribution in [3.8, 4) is 5.75 Å². The van der Waals surface area contributed by atoms with Crippen molar-refractivity contribution in [2.75, 3.05) is 51.8 Å². The highest BCUT2D eigenvalue weighted by Crippen LogP contribution is 2.31. The Morgan fingerprint density at radius 1 is 1.38 bits per heavy atom. The van der Waals surface area contributed by atoms with Crippen molar-refractivity contribution >= 4 is 26.7 Å². The number of aromatic nitrogens is 1. The average Bonchev–Trinajstić information content (AvgIpc) is 2.89. The zero-order chi connectivity index (χ0) is 14.7. The first-order chi connectivity index (χ1) is 10.3. The molecule has 5 nitrogen and oxygen atoms in total. The van der Waals surface area contributed by atoms with Gasteiger partial charge in [0.2, 0.25) is 0 Å². The van der Waals surface area contributed by atoms with E-state index in [1.165, 1.54) is 0 Å². The van der Waals surface area contributed by atoms with Crippen LogP contribution in [-0.4, -0.2) is 56.4 Å². The Morgan fingerprint density at radius 3 is 2.95 bits per heavy atom. The van der Waals surface area contributed by atoms with Crippen LogP contribution < -0.4 is 10.1 Å². The SMILES string of the molecule is COc1cc2sc(NCCN3CCOCC3)nc2cc1C. The minimum absolute atomic E-state index is 0.847. The van der Waals surface area contributed by atoms with E-state index in [1.807, 2.05) is 6.92 Å². The second kappa shape index (κ2) is 6.60. The molecule has 0 aliphatic carbocycles. The van der Waals surface area contributed by atoms with E-state index in [4.69, 9.17) is 9.47 Å². The topological polar surface area (TPSA) is 46.6 Å². The number of ether oxygens (including phenoxy) is 2. The summed E-state index contributed by atoms with van der Waals surface area (Å²) in [5, 5.41) is 4.40. The Kier molecular flexibility index (Phi) is 4.57. The molecule has 1 N–H and O–H groups in total. The quantitative estimate of drug-likeness (QED) is 0.919. The normalized spacial score (nSPS) is 16.3. The van der Waals surface area contributed by atoms with Gasteiger partial charge in [0, 0.05) is 26.2 Å². The predicted molar refractivity (Wildman–Crippen MR) is 86.7 cm³/mol. The van der Waals surface area contributed by atoms with Gasteiger partial charge < -0.3 is 14.8 Å². The largest absolute Gasteiger partial charge is 0.496 e. The van der Waals surface area contributed by atoms with Gasteiger partial charge >= 0.3 is 0 Å². The average molecular weight is 307 g/mol. The van der Waals surface area contributed by atoms with Crippen molar-refractivity contribution in [1.29, 1.82) is 0 Å². The molecule has 3 rings (SSSR count). The molecule has 1 aromatic carbocycles. The number of rotatable bonds is 5. The number of aryl methyl sites for hydroxylation is 1. The van der Waals surface area contributed by atoms with Crippen LogP contribution in [0.2, 0.25) is 0 Å². The monoisotopic (exact) mass is 307 g/mol. The smallest absolute Gasteiger partial charge is 0.183 e. The maximum Gasteiger partial charge on any atom is 0.183 e. The second-order valence-electron chi connectivity index (χ2n) is 5.19. The number of fused-ring (bicyclic) bond motifs is 1. The summed E-state index contributed by atoms with van der Waals surface area (Å²) in [6.45, 7) is 7.73. The Labute approximate surface area is 128 Å². The Bertz CT molecular complexity index is 608. The summed E-state index contributed by atoms with van der Waals surface area (Å²) in [6.07, 6.45) is 0. The lowest BCUT2D eigenvalue weighted by Gasteiger charge is -2.26. The van der Waals surface area contributed by atoms with Crippen LogP contribution in [0.15, 0.2) is 12.1 Å². The molecule has 1 aromatic heterocycles. The lowest BCUT2D eigenvalue weighted by atomic mass is 10.2. The van der Waals surface area contributed by atoms with Crippen molar-refractivity contribution in [3.05, 3.63) is 17.7 Å². The molecule has 0 atom stereocenters. The van der Waals surface area contributed by atoms with Crippen molar-refractivity contribution in [3.63, 3.8) is 0 Å². The molecule has 1 aliphatic rings. The molecular formula is C15H21N3O2S. The first-order valence-corrected chi connectivity index (χ1v) is 8.07. The lowest BCUT2D eigenvalue weighted by molar-refractivity contribution is 0.0398. The number of hydrogen-bond donors (Lipinski definition) is 1. The van der Waals surface area contributed by atoms with Crippen molar-refractivity contribution < 1.29 is 9.47 Å². The van der Waals surface area contributed by atoms with Gasteiger partial charge in [-0.25, -0.2) is 4.98 Å². The van der Waals surface area contributed by atoms with E-state index < -0.39 is 0 Å². The second-order valence-corrected chi connectivity index (χ2v) is 6.22. The summed E-state index contributed by atoms with van der Waals surface area (Å²) < 4.78 is 11.9. The van der Waals surface area contributed by atoms with E-state index in [0.717, 1.165) is 66.1 Å². The van der Waals surface area contributed by atoms with Gasteiger partial charge in [0.1, 0.15) is 5.75 Å². The molecular weight excluding hydrogens is 286 g/mol. The molecule has 21 heavy (non-hydrogen) atoms. The van der Waals surface area contributed by atoms with Crippen molar-refractivity contribution in [2.45, 2.75) is 6.92 Å². The van der Waals surface area contributed by atoms with Gasteiger partial charge in [-0.1, -0.05) is 11.3 Å². The van der Waals surface area contributed by atoms with Gasteiger partial charge in [0.05, 0.1) is 30.5 Å². The summed E-state index contributed by atoms with van der Waals surface area (Å²) in [5.74, 6) is 0.922. The molecule has 1 saturated heterocycles. The summed E-state index contributed by atoms with van der Waals surface area (Å²) in [5.41, 5.74) is 2.15. The number of thiazole rings is 1. The van der Waals surface area contributed by atoms with Crippen LogP contribution in [0.25, 0.3) is 10.2 Å². The molecule has 0 spiro atoms. The predicted octanol–water partition coefficient (Wildman–Crippen LogP) is 2.36. The number of hydrogen-bond acceptors (Lipinski definition) is 6. The molecule has 114 valence electrons. The highest BCUT2D eigenvalue weighted by Gasteiger charge is 2.11. The zero-order valence-corrected chi connectivity index (χ0v) is 13.3. The van der Waals surface area contributed by atoms with Gasteiger partial charge in [0.25, 0.3) is 0 Å². The standard InChI is InChI=1S/C15H21N3O2S/c1-11-9-12-14(10-13(11)19-2)21-15(17-12)16-3-4-18-5-7-20-8-6-18/h9-10H,3-8H2,1-2H3,(H,16,17). The minimum atomic E-state index is 0.847.